The van der Waals surface area contributed by atoms with E-state index < -0.39 is 0 Å². The first-order valence-corrected chi connectivity index (χ1v) is 8.45. The van der Waals surface area contributed by atoms with Crippen molar-refractivity contribution >= 4 is 11.8 Å². The number of aryl methyl sites for hydroxylation is 1. The molecule has 0 saturated heterocycles. The molecule has 27 heavy (non-hydrogen) atoms. The predicted molar refractivity (Wildman–Crippen MR) is 101 cm³/mol. The number of benzene rings is 1. The highest BCUT2D eigenvalue weighted by Gasteiger charge is 2.07. The van der Waals surface area contributed by atoms with Gasteiger partial charge in [0.05, 0.1) is 18.5 Å². The number of imidazole rings is 1. The summed E-state index contributed by atoms with van der Waals surface area (Å²) in [5.74, 6) is 0.475. The quantitative estimate of drug-likeness (QED) is 0.376. The molecule has 0 spiro atoms. The van der Waals surface area contributed by atoms with E-state index in [9.17, 15) is 4.79 Å². The Morgan fingerprint density at radius 1 is 1.19 bits per heavy atom. The van der Waals surface area contributed by atoms with Crippen LogP contribution in [-0.2, 0) is 16.0 Å². The van der Waals surface area contributed by atoms with Gasteiger partial charge in [-0.15, -0.1) is 10.2 Å². The summed E-state index contributed by atoms with van der Waals surface area (Å²) in [6.07, 6.45) is 5.31. The zero-order valence-electron chi connectivity index (χ0n) is 14.9. The van der Waals surface area contributed by atoms with Gasteiger partial charge < -0.3 is 10.5 Å². The fourth-order valence-electron chi connectivity index (χ4n) is 2.57. The molecular weight excluding hydrogens is 344 g/mol. The van der Waals surface area contributed by atoms with Crippen molar-refractivity contribution in [1.29, 1.82) is 5.41 Å². The molecular formula is C19H20N6O2. The smallest absolute Gasteiger partial charge is 0.305 e. The van der Waals surface area contributed by atoms with Crippen molar-refractivity contribution in [1.82, 2.24) is 19.7 Å². The van der Waals surface area contributed by atoms with Crippen LogP contribution >= 0.6 is 0 Å². The molecule has 3 N–H and O–H groups in total. The molecule has 138 valence electrons. The molecule has 0 atom stereocenters. The number of carbonyl (C=O) groups is 1. The van der Waals surface area contributed by atoms with Gasteiger partial charge in [0.15, 0.2) is 5.82 Å². The van der Waals surface area contributed by atoms with Crippen LogP contribution in [0.2, 0.25) is 0 Å². The number of carbonyl (C=O) groups excluding carboxylic acids is 1. The summed E-state index contributed by atoms with van der Waals surface area (Å²) in [4.78, 5) is 15.5. The number of nitrogens with zero attached hydrogens (tertiary/aromatic N) is 4. The maximum atomic E-state index is 11.1. The molecule has 3 aromatic rings. The van der Waals surface area contributed by atoms with Crippen molar-refractivity contribution < 1.29 is 9.53 Å². The SMILES string of the molecule is COC(=O)CCCc1cn(-c2ccc(-c3ccc(C(=N)N)cc3)nn2)cn1. The second-order valence-electron chi connectivity index (χ2n) is 5.97. The minimum absolute atomic E-state index is 0.0329. The summed E-state index contributed by atoms with van der Waals surface area (Å²) in [7, 11) is 1.39. The molecule has 1 aromatic carbocycles. The molecule has 0 aliphatic rings. The summed E-state index contributed by atoms with van der Waals surface area (Å²) in [6, 6.07) is 11.0. The molecule has 0 bridgehead atoms. The third kappa shape index (κ3) is 4.55. The normalized spacial score (nSPS) is 10.6. The molecule has 2 aromatic heterocycles. The first-order chi connectivity index (χ1) is 13.1. The molecule has 0 aliphatic heterocycles. The second-order valence-corrected chi connectivity index (χ2v) is 5.97. The van der Waals surface area contributed by atoms with Crippen molar-refractivity contribution in [2.75, 3.05) is 7.11 Å². The van der Waals surface area contributed by atoms with E-state index in [4.69, 9.17) is 11.1 Å². The lowest BCUT2D eigenvalue weighted by Crippen LogP contribution is -2.10. The molecule has 3 rings (SSSR count). The zero-order valence-corrected chi connectivity index (χ0v) is 14.9. The number of aromatic nitrogens is 4. The first-order valence-electron chi connectivity index (χ1n) is 8.45. The minimum Gasteiger partial charge on any atom is -0.469 e. The van der Waals surface area contributed by atoms with Crippen LogP contribution < -0.4 is 5.73 Å². The number of hydrogen-bond acceptors (Lipinski definition) is 6. The highest BCUT2D eigenvalue weighted by Crippen LogP contribution is 2.18. The summed E-state index contributed by atoms with van der Waals surface area (Å²) in [6.45, 7) is 0. The van der Waals surface area contributed by atoms with E-state index in [0.29, 0.717) is 30.6 Å². The highest BCUT2D eigenvalue weighted by molar-refractivity contribution is 5.95. The van der Waals surface area contributed by atoms with Gasteiger partial charge >= 0.3 is 5.97 Å². The van der Waals surface area contributed by atoms with E-state index in [-0.39, 0.29) is 11.8 Å². The predicted octanol–water partition coefficient (Wildman–Crippen LogP) is 2.11. The van der Waals surface area contributed by atoms with E-state index >= 15 is 0 Å². The van der Waals surface area contributed by atoms with E-state index in [1.54, 1.807) is 23.0 Å². The second kappa shape index (κ2) is 8.22. The lowest BCUT2D eigenvalue weighted by atomic mass is 10.1. The van der Waals surface area contributed by atoms with Crippen LogP contribution in [0.5, 0.6) is 0 Å². The van der Waals surface area contributed by atoms with Crippen LogP contribution in [-0.4, -0.2) is 38.7 Å². The number of methoxy groups -OCH3 is 1. The zero-order chi connectivity index (χ0) is 19.2. The van der Waals surface area contributed by atoms with Crippen LogP contribution in [0.3, 0.4) is 0 Å². The Bertz CT molecular complexity index is 932. The summed E-state index contributed by atoms with van der Waals surface area (Å²) < 4.78 is 6.42. The average molecular weight is 364 g/mol. The summed E-state index contributed by atoms with van der Waals surface area (Å²) in [5, 5.41) is 15.9. The van der Waals surface area contributed by atoms with Gasteiger partial charge in [-0.05, 0) is 25.0 Å². The standard InChI is InChI=1S/C19H20N6O2/c1-27-18(26)4-2-3-15-11-25(12-22-15)17-10-9-16(23-24-17)13-5-7-14(8-6-13)19(20)21/h5-12H,2-4H2,1H3,(H3,20,21). The molecule has 0 aliphatic carbocycles. The minimum atomic E-state index is -0.216. The number of nitrogens with one attached hydrogen (secondary N) is 1. The van der Waals surface area contributed by atoms with Crippen LogP contribution in [0.1, 0.15) is 24.1 Å². The number of esters is 1. The average Bonchev–Trinajstić information content (AvgIpc) is 3.17. The fraction of sp³-hybridized carbons (Fsp3) is 0.211. The molecule has 0 fully saturated rings. The monoisotopic (exact) mass is 364 g/mol. The van der Waals surface area contributed by atoms with Crippen LogP contribution in [0.4, 0.5) is 0 Å². The Kier molecular flexibility index (Phi) is 5.55. The van der Waals surface area contributed by atoms with Crippen molar-refractivity contribution in [2.24, 2.45) is 5.73 Å². The van der Waals surface area contributed by atoms with Gasteiger partial charge in [-0.25, -0.2) is 4.98 Å². The van der Waals surface area contributed by atoms with E-state index in [0.717, 1.165) is 17.0 Å². The third-order valence-corrected chi connectivity index (χ3v) is 4.08. The van der Waals surface area contributed by atoms with Crippen LogP contribution in [0, 0.1) is 5.41 Å². The number of hydrogen-bond donors (Lipinski definition) is 2. The van der Waals surface area contributed by atoms with Crippen LogP contribution in [0.25, 0.3) is 17.1 Å². The maximum absolute atomic E-state index is 11.1. The van der Waals surface area contributed by atoms with Crippen molar-refractivity contribution in [3.63, 3.8) is 0 Å². The summed E-state index contributed by atoms with van der Waals surface area (Å²) in [5.41, 5.74) is 8.64. The van der Waals surface area contributed by atoms with Crippen LogP contribution in [0.15, 0.2) is 48.9 Å². The van der Waals surface area contributed by atoms with Crippen molar-refractivity contribution in [3.8, 4) is 17.1 Å². The highest BCUT2D eigenvalue weighted by atomic mass is 16.5. The Balaban J connectivity index is 1.67. The molecule has 0 radical (unpaired) electrons. The van der Waals surface area contributed by atoms with Gasteiger partial charge in [0.25, 0.3) is 0 Å². The third-order valence-electron chi connectivity index (χ3n) is 4.08. The molecule has 0 saturated carbocycles. The van der Waals surface area contributed by atoms with Gasteiger partial charge in [-0.1, -0.05) is 24.3 Å². The van der Waals surface area contributed by atoms with E-state index in [2.05, 4.69) is 19.9 Å². The number of rotatable bonds is 7. The lowest BCUT2D eigenvalue weighted by molar-refractivity contribution is -0.140. The fourth-order valence-corrected chi connectivity index (χ4v) is 2.57. The molecule has 0 amide bonds. The molecule has 8 heteroatoms. The Hall–Kier alpha value is -3.55. The Morgan fingerprint density at radius 3 is 2.59 bits per heavy atom. The van der Waals surface area contributed by atoms with Crippen molar-refractivity contribution in [3.05, 3.63) is 60.2 Å². The lowest BCUT2D eigenvalue weighted by Gasteiger charge is -2.04. The largest absolute Gasteiger partial charge is 0.469 e. The van der Waals surface area contributed by atoms with Gasteiger partial charge in [-0.2, -0.15) is 0 Å². The van der Waals surface area contributed by atoms with Crippen molar-refractivity contribution in [2.45, 2.75) is 19.3 Å². The maximum Gasteiger partial charge on any atom is 0.305 e. The number of nitrogen functional groups attached to an aromatic ring is 1. The Morgan fingerprint density at radius 2 is 1.96 bits per heavy atom. The van der Waals surface area contributed by atoms with Gasteiger partial charge in [0, 0.05) is 23.7 Å². The summed E-state index contributed by atoms with van der Waals surface area (Å²) >= 11 is 0. The molecule has 8 nitrogen and oxygen atoms in total. The van der Waals surface area contributed by atoms with E-state index in [1.807, 2.05) is 30.5 Å². The number of nitrogens with two attached hydrogens (primary N) is 1. The molecule has 0 unspecified atom stereocenters. The molecule has 2 heterocycles. The number of amidine groups is 1. The first kappa shape index (κ1) is 18.2. The number of ether oxygens (including phenoxy) is 1. The van der Waals surface area contributed by atoms with Gasteiger partial charge in [-0.3, -0.25) is 14.8 Å². The Labute approximate surface area is 156 Å². The van der Waals surface area contributed by atoms with E-state index in [1.165, 1.54) is 7.11 Å². The van der Waals surface area contributed by atoms with Gasteiger partial charge in [0.2, 0.25) is 0 Å². The topological polar surface area (TPSA) is 120 Å². The van der Waals surface area contributed by atoms with Gasteiger partial charge in [0.1, 0.15) is 12.2 Å².